The first-order chi connectivity index (χ1) is 9.04. The van der Waals surface area contributed by atoms with Gasteiger partial charge in [0.15, 0.2) is 0 Å². The van der Waals surface area contributed by atoms with Gasteiger partial charge in [0.05, 0.1) is 12.3 Å². The molecule has 1 rings (SSSR count). The van der Waals surface area contributed by atoms with E-state index in [0.29, 0.717) is 0 Å². The van der Waals surface area contributed by atoms with Crippen LogP contribution in [0.3, 0.4) is 0 Å². The van der Waals surface area contributed by atoms with E-state index in [1.165, 1.54) is 11.3 Å². The zero-order chi connectivity index (χ0) is 14.4. The van der Waals surface area contributed by atoms with Crippen molar-refractivity contribution in [3.63, 3.8) is 0 Å². The van der Waals surface area contributed by atoms with E-state index in [4.69, 9.17) is 0 Å². The summed E-state index contributed by atoms with van der Waals surface area (Å²) in [7, 11) is 0. The molecule has 2 N–H and O–H groups in total. The van der Waals surface area contributed by atoms with Gasteiger partial charge in [-0.15, -0.1) is 0 Å². The van der Waals surface area contributed by atoms with Crippen LogP contribution in [0.5, 0.6) is 0 Å². The molecule has 2 unspecified atom stereocenters. The first kappa shape index (κ1) is 16.5. The van der Waals surface area contributed by atoms with E-state index in [1.54, 1.807) is 11.8 Å². The maximum atomic E-state index is 9.30. The fraction of sp³-hybridized carbons (Fsp3) is 0.786. The highest BCUT2D eigenvalue weighted by atomic mass is 32.2. The smallest absolute Gasteiger partial charge is 0.0641 e. The van der Waals surface area contributed by atoms with Gasteiger partial charge in [-0.3, -0.25) is 4.68 Å². The first-order valence-electron chi connectivity index (χ1n) is 6.95. The first-order valence-corrected chi connectivity index (χ1v) is 8.23. The summed E-state index contributed by atoms with van der Waals surface area (Å²) >= 11 is 1.70. The number of aromatic nitrogens is 2. The van der Waals surface area contributed by atoms with Crippen LogP contribution in [0, 0.1) is 13.8 Å². The summed E-state index contributed by atoms with van der Waals surface area (Å²) in [4.78, 5) is 0. The molecule has 0 fully saturated rings. The van der Waals surface area contributed by atoms with Crippen LogP contribution in [0.25, 0.3) is 0 Å². The van der Waals surface area contributed by atoms with Crippen molar-refractivity contribution in [3.05, 3.63) is 17.0 Å². The average Bonchev–Trinajstić information content (AvgIpc) is 2.64. The molecule has 0 aliphatic heterocycles. The summed E-state index contributed by atoms with van der Waals surface area (Å²) < 4.78 is 2.09. The summed E-state index contributed by atoms with van der Waals surface area (Å²) in [5.74, 6) is 0. The normalized spacial score (nSPS) is 14.6. The number of hydrogen-bond donors (Lipinski definition) is 2. The second-order valence-corrected chi connectivity index (χ2v) is 6.08. The number of nitrogens with zero attached hydrogens (tertiary/aromatic N) is 2. The lowest BCUT2D eigenvalue weighted by Crippen LogP contribution is -2.37. The van der Waals surface area contributed by atoms with Crippen molar-refractivity contribution >= 4 is 11.8 Å². The zero-order valence-electron chi connectivity index (χ0n) is 12.7. The Morgan fingerprint density at radius 3 is 2.63 bits per heavy atom. The van der Waals surface area contributed by atoms with E-state index < -0.39 is 0 Å². The van der Waals surface area contributed by atoms with Crippen molar-refractivity contribution < 1.29 is 5.11 Å². The Balaban J connectivity index is 2.67. The Bertz CT molecular complexity index is 388. The predicted molar refractivity (Wildman–Crippen MR) is 82.7 cm³/mol. The van der Waals surface area contributed by atoms with Gasteiger partial charge in [-0.05, 0) is 33.4 Å². The summed E-state index contributed by atoms with van der Waals surface area (Å²) in [5, 5.41) is 17.6. The van der Waals surface area contributed by atoms with Crippen LogP contribution in [0.15, 0.2) is 0 Å². The minimum atomic E-state index is 0.211. The maximum absolute atomic E-state index is 9.30. The average molecular weight is 285 g/mol. The number of hydrogen-bond acceptors (Lipinski definition) is 4. The van der Waals surface area contributed by atoms with E-state index in [-0.39, 0.29) is 17.9 Å². The van der Waals surface area contributed by atoms with Crippen molar-refractivity contribution in [3.8, 4) is 0 Å². The molecule has 1 heterocycles. The van der Waals surface area contributed by atoms with Crippen molar-refractivity contribution in [1.29, 1.82) is 0 Å². The van der Waals surface area contributed by atoms with Gasteiger partial charge in [0.2, 0.25) is 0 Å². The molecule has 5 heteroatoms. The molecule has 0 aliphatic carbocycles. The van der Waals surface area contributed by atoms with Crippen molar-refractivity contribution in [1.82, 2.24) is 15.1 Å². The maximum Gasteiger partial charge on any atom is 0.0641 e. The Labute approximate surface area is 121 Å². The molecule has 19 heavy (non-hydrogen) atoms. The molecule has 110 valence electrons. The molecular weight excluding hydrogens is 258 g/mol. The number of aryl methyl sites for hydroxylation is 2. The lowest BCUT2D eigenvalue weighted by Gasteiger charge is -2.21. The summed E-state index contributed by atoms with van der Waals surface area (Å²) in [5.41, 5.74) is 3.65. The van der Waals surface area contributed by atoms with Crippen molar-refractivity contribution in [2.75, 3.05) is 12.9 Å². The largest absolute Gasteiger partial charge is 0.395 e. The van der Waals surface area contributed by atoms with Gasteiger partial charge >= 0.3 is 0 Å². The molecule has 0 saturated carbocycles. The van der Waals surface area contributed by atoms with Crippen LogP contribution >= 0.6 is 11.8 Å². The van der Waals surface area contributed by atoms with Crippen LogP contribution in [-0.2, 0) is 13.1 Å². The molecule has 0 amide bonds. The third-order valence-corrected chi connectivity index (χ3v) is 4.77. The Kier molecular flexibility index (Phi) is 6.89. The van der Waals surface area contributed by atoms with E-state index >= 15 is 0 Å². The summed E-state index contributed by atoms with van der Waals surface area (Å²) in [6.45, 7) is 10.5. The highest BCUT2D eigenvalue weighted by Gasteiger charge is 2.17. The third-order valence-electron chi connectivity index (χ3n) is 3.61. The van der Waals surface area contributed by atoms with Crippen LogP contribution in [0.2, 0.25) is 0 Å². The molecular formula is C14H27N3OS. The van der Waals surface area contributed by atoms with E-state index in [2.05, 4.69) is 42.8 Å². The van der Waals surface area contributed by atoms with Crippen molar-refractivity contribution in [2.45, 2.75) is 58.5 Å². The Hall–Kier alpha value is -0.520. The fourth-order valence-electron chi connectivity index (χ4n) is 2.25. The van der Waals surface area contributed by atoms with Crippen LogP contribution < -0.4 is 5.32 Å². The minimum absolute atomic E-state index is 0.211. The SMILES string of the molecule is CCCn1nc(C)c(CNC(C)C(CO)SC)c1C. The molecule has 1 aromatic heterocycles. The van der Waals surface area contributed by atoms with E-state index in [9.17, 15) is 5.11 Å². The molecule has 0 spiro atoms. The lowest BCUT2D eigenvalue weighted by molar-refractivity contribution is 0.276. The number of aliphatic hydroxyl groups is 1. The molecule has 0 saturated heterocycles. The van der Waals surface area contributed by atoms with Crippen molar-refractivity contribution in [2.24, 2.45) is 0 Å². The Morgan fingerprint density at radius 1 is 1.42 bits per heavy atom. The van der Waals surface area contributed by atoms with Gasteiger partial charge in [0, 0.05) is 35.6 Å². The van der Waals surface area contributed by atoms with Crippen LogP contribution in [-0.4, -0.2) is 39.0 Å². The lowest BCUT2D eigenvalue weighted by atomic mass is 10.1. The molecule has 0 bridgehead atoms. The van der Waals surface area contributed by atoms with Gasteiger partial charge in [0.1, 0.15) is 0 Å². The van der Waals surface area contributed by atoms with Gasteiger partial charge < -0.3 is 10.4 Å². The predicted octanol–water partition coefficient (Wildman–Crippen LogP) is 2.11. The number of nitrogens with one attached hydrogen (secondary N) is 1. The van der Waals surface area contributed by atoms with Gasteiger partial charge in [-0.1, -0.05) is 6.92 Å². The van der Waals surface area contributed by atoms with Crippen LogP contribution in [0.4, 0.5) is 0 Å². The molecule has 0 radical (unpaired) electrons. The fourth-order valence-corrected chi connectivity index (χ4v) is 2.90. The minimum Gasteiger partial charge on any atom is -0.395 e. The number of rotatable bonds is 8. The topological polar surface area (TPSA) is 50.1 Å². The highest BCUT2D eigenvalue weighted by molar-refractivity contribution is 7.99. The third kappa shape index (κ3) is 4.23. The Morgan fingerprint density at radius 2 is 2.11 bits per heavy atom. The standard InChI is InChI=1S/C14H27N3OS/c1-6-7-17-12(4)13(10(2)16-17)8-15-11(3)14(9-18)19-5/h11,14-15,18H,6-9H2,1-5H3. The van der Waals surface area contributed by atoms with Gasteiger partial charge in [-0.25, -0.2) is 0 Å². The quantitative estimate of drug-likeness (QED) is 0.768. The molecule has 1 aromatic rings. The molecule has 0 aromatic carbocycles. The summed E-state index contributed by atoms with van der Waals surface area (Å²) in [6, 6.07) is 0.285. The van der Waals surface area contributed by atoms with E-state index in [0.717, 1.165) is 25.2 Å². The monoisotopic (exact) mass is 285 g/mol. The second-order valence-electron chi connectivity index (χ2n) is 5.00. The molecule has 2 atom stereocenters. The number of aliphatic hydroxyl groups excluding tert-OH is 1. The highest BCUT2D eigenvalue weighted by Crippen LogP contribution is 2.15. The molecule has 0 aliphatic rings. The zero-order valence-corrected chi connectivity index (χ0v) is 13.5. The summed E-state index contributed by atoms with van der Waals surface area (Å²) in [6.07, 6.45) is 3.14. The second kappa shape index (κ2) is 7.92. The van der Waals surface area contributed by atoms with Gasteiger partial charge in [0.25, 0.3) is 0 Å². The van der Waals surface area contributed by atoms with Gasteiger partial charge in [-0.2, -0.15) is 16.9 Å². The molecule has 4 nitrogen and oxygen atoms in total. The number of thioether (sulfide) groups is 1. The van der Waals surface area contributed by atoms with E-state index in [1.807, 2.05) is 6.26 Å². The van der Waals surface area contributed by atoms with Crippen LogP contribution in [0.1, 0.15) is 37.2 Å².